The molecule has 0 saturated heterocycles. The molecule has 0 amide bonds. The van der Waals surface area contributed by atoms with Gasteiger partial charge in [0.1, 0.15) is 11.0 Å². The van der Waals surface area contributed by atoms with Gasteiger partial charge >= 0.3 is 0 Å². The molecule has 0 aliphatic rings. The van der Waals surface area contributed by atoms with Crippen LogP contribution in [-0.2, 0) is 16.5 Å². The van der Waals surface area contributed by atoms with Gasteiger partial charge in [-0.2, -0.15) is 0 Å². The van der Waals surface area contributed by atoms with E-state index in [2.05, 4.69) is 19.2 Å². The van der Waals surface area contributed by atoms with E-state index < -0.39 is 11.0 Å². The molecule has 0 radical (unpaired) electrons. The Hall–Kier alpha value is -0.710. The lowest BCUT2D eigenvalue weighted by molar-refractivity contribution is 0.444. The lowest BCUT2D eigenvalue weighted by Gasteiger charge is -2.24. The van der Waals surface area contributed by atoms with Crippen LogP contribution >= 0.6 is 0 Å². The predicted molar refractivity (Wildman–Crippen MR) is 59.1 cm³/mol. The lowest BCUT2D eigenvalue weighted by Crippen LogP contribution is -2.33. The Bertz CT molecular complexity index is 332. The maximum Gasteiger partial charge on any atom is 0.122 e. The highest BCUT2D eigenvalue weighted by Gasteiger charge is 2.17. The zero-order chi connectivity index (χ0) is 10.8. The van der Waals surface area contributed by atoms with Crippen LogP contribution in [0.1, 0.15) is 19.4 Å². The minimum atomic E-state index is -1.39. The van der Waals surface area contributed by atoms with E-state index in [1.807, 2.05) is 19.2 Å². The Morgan fingerprint density at radius 1 is 1.29 bits per heavy atom. The first-order chi connectivity index (χ1) is 6.47. The van der Waals surface area contributed by atoms with Gasteiger partial charge in [-0.15, -0.1) is 0 Å². The van der Waals surface area contributed by atoms with Crippen LogP contribution in [0.5, 0.6) is 0 Å². The molecule has 1 aromatic carbocycles. The van der Waals surface area contributed by atoms with Gasteiger partial charge in [0.15, 0.2) is 0 Å². The van der Waals surface area contributed by atoms with Gasteiger partial charge in [-0.1, -0.05) is 12.1 Å². The maximum absolute atomic E-state index is 10.9. The first kappa shape index (κ1) is 11.4. The second kappa shape index (κ2) is 4.21. The van der Waals surface area contributed by atoms with E-state index in [1.54, 1.807) is 12.1 Å². The van der Waals surface area contributed by atoms with Crippen molar-refractivity contribution < 1.29 is 4.21 Å². The molecule has 1 rings (SSSR count). The van der Waals surface area contributed by atoms with Crippen LogP contribution in [0.25, 0.3) is 0 Å². The molecule has 1 atom stereocenters. The highest BCUT2D eigenvalue weighted by molar-refractivity contribution is 7.82. The number of nitrogens with two attached hydrogens (primary N) is 1. The fraction of sp³-hybridized carbons (Fsp3) is 0.400. The quantitative estimate of drug-likeness (QED) is 0.789. The summed E-state index contributed by atoms with van der Waals surface area (Å²) in [6.45, 7) is 4.17. The molecule has 0 fully saturated rings. The van der Waals surface area contributed by atoms with Crippen molar-refractivity contribution in [1.82, 2.24) is 5.32 Å². The molecule has 0 aromatic heterocycles. The van der Waals surface area contributed by atoms with Crippen molar-refractivity contribution in [2.75, 3.05) is 7.05 Å². The van der Waals surface area contributed by atoms with E-state index in [0.29, 0.717) is 4.90 Å². The van der Waals surface area contributed by atoms with E-state index in [9.17, 15) is 4.21 Å². The number of benzene rings is 1. The van der Waals surface area contributed by atoms with Crippen molar-refractivity contribution in [2.24, 2.45) is 5.14 Å². The number of hydrogen-bond acceptors (Lipinski definition) is 2. The van der Waals surface area contributed by atoms with Gasteiger partial charge in [0, 0.05) is 5.54 Å². The van der Waals surface area contributed by atoms with E-state index >= 15 is 0 Å². The molecule has 14 heavy (non-hydrogen) atoms. The molecule has 78 valence electrons. The molecule has 0 heterocycles. The third kappa shape index (κ3) is 2.41. The minimum absolute atomic E-state index is 0.0748. The van der Waals surface area contributed by atoms with Crippen LogP contribution in [0.4, 0.5) is 0 Å². The highest BCUT2D eigenvalue weighted by Crippen LogP contribution is 2.20. The van der Waals surface area contributed by atoms with E-state index in [4.69, 9.17) is 5.14 Å². The number of rotatable bonds is 3. The van der Waals surface area contributed by atoms with Gasteiger partial charge in [0.2, 0.25) is 0 Å². The Kier molecular flexibility index (Phi) is 3.42. The largest absolute Gasteiger partial charge is 0.311 e. The van der Waals surface area contributed by atoms with Crippen molar-refractivity contribution in [3.63, 3.8) is 0 Å². The Labute approximate surface area is 87.3 Å². The first-order valence-electron chi connectivity index (χ1n) is 4.43. The van der Waals surface area contributed by atoms with Crippen LogP contribution in [0.3, 0.4) is 0 Å². The summed E-state index contributed by atoms with van der Waals surface area (Å²) >= 11 is 0. The third-order valence-corrected chi connectivity index (χ3v) is 3.17. The fourth-order valence-electron chi connectivity index (χ4n) is 1.15. The second-order valence-corrected chi connectivity index (χ2v) is 4.76. The number of hydrogen-bond donors (Lipinski definition) is 2. The molecule has 0 bridgehead atoms. The summed E-state index contributed by atoms with van der Waals surface area (Å²) in [5, 5.41) is 8.46. The molecule has 3 nitrogen and oxygen atoms in total. The summed E-state index contributed by atoms with van der Waals surface area (Å²) in [5.41, 5.74) is 1.07. The molecule has 0 saturated carbocycles. The van der Waals surface area contributed by atoms with Gasteiger partial charge in [0.05, 0.1) is 4.90 Å². The van der Waals surface area contributed by atoms with Crippen LogP contribution < -0.4 is 10.5 Å². The molecule has 0 aliphatic carbocycles. The van der Waals surface area contributed by atoms with Crippen LogP contribution in [0.15, 0.2) is 29.2 Å². The summed E-state index contributed by atoms with van der Waals surface area (Å²) in [6, 6.07) is 7.47. The van der Waals surface area contributed by atoms with Crippen LogP contribution in [0.2, 0.25) is 0 Å². The van der Waals surface area contributed by atoms with Gasteiger partial charge in [-0.3, -0.25) is 0 Å². The molecular formula is C10H16N2OS. The van der Waals surface area contributed by atoms with Crippen LogP contribution in [-0.4, -0.2) is 11.3 Å². The van der Waals surface area contributed by atoms with Crippen LogP contribution in [0, 0.1) is 0 Å². The fourth-order valence-corrected chi connectivity index (χ4v) is 1.55. The monoisotopic (exact) mass is 212 g/mol. The first-order valence-corrected chi connectivity index (χ1v) is 5.64. The summed E-state index contributed by atoms with van der Waals surface area (Å²) in [7, 11) is 0.525. The normalized spacial score (nSPS) is 14.0. The lowest BCUT2D eigenvalue weighted by atomic mass is 9.95. The predicted octanol–water partition coefficient (Wildman–Crippen LogP) is 1.12. The average Bonchev–Trinajstić information content (AvgIpc) is 2.18. The number of nitrogens with one attached hydrogen (secondary N) is 1. The summed E-state index contributed by atoms with van der Waals surface area (Å²) < 4.78 is 10.9. The average molecular weight is 212 g/mol. The standard InChI is InChI=1S/C10H16N2OS/c1-10(2,12-3)8-4-6-9(7-5-8)14(11)13/h4-7,12H,11H2,1-3H3. The zero-order valence-corrected chi connectivity index (χ0v) is 9.52. The van der Waals surface area contributed by atoms with Gasteiger partial charge < -0.3 is 5.32 Å². The molecule has 0 spiro atoms. The van der Waals surface area contributed by atoms with Gasteiger partial charge in [0.25, 0.3) is 0 Å². The van der Waals surface area contributed by atoms with E-state index in [0.717, 1.165) is 5.56 Å². The maximum atomic E-state index is 10.9. The highest BCUT2D eigenvalue weighted by atomic mass is 32.2. The van der Waals surface area contributed by atoms with E-state index in [1.165, 1.54) is 0 Å². The minimum Gasteiger partial charge on any atom is -0.311 e. The molecule has 4 heteroatoms. The molecular weight excluding hydrogens is 196 g/mol. The van der Waals surface area contributed by atoms with Crippen molar-refractivity contribution in [1.29, 1.82) is 0 Å². The molecule has 3 N–H and O–H groups in total. The Morgan fingerprint density at radius 2 is 1.79 bits per heavy atom. The Morgan fingerprint density at radius 3 is 2.14 bits per heavy atom. The van der Waals surface area contributed by atoms with Crippen molar-refractivity contribution in [2.45, 2.75) is 24.3 Å². The summed E-state index contributed by atoms with van der Waals surface area (Å²) in [6.07, 6.45) is 0. The van der Waals surface area contributed by atoms with Gasteiger partial charge in [-0.25, -0.2) is 9.35 Å². The van der Waals surface area contributed by atoms with Crippen molar-refractivity contribution >= 4 is 11.0 Å². The SMILES string of the molecule is CNC(C)(C)c1ccc(S(N)=O)cc1. The topological polar surface area (TPSA) is 55.1 Å². The van der Waals surface area contributed by atoms with E-state index in [-0.39, 0.29) is 5.54 Å². The molecule has 1 aromatic rings. The second-order valence-electron chi connectivity index (χ2n) is 3.70. The van der Waals surface area contributed by atoms with Crippen molar-refractivity contribution in [3.8, 4) is 0 Å². The third-order valence-electron chi connectivity index (χ3n) is 2.43. The summed E-state index contributed by atoms with van der Waals surface area (Å²) in [4.78, 5) is 0.653. The molecule has 1 unspecified atom stereocenters. The summed E-state index contributed by atoms with van der Waals surface area (Å²) in [5.74, 6) is 0. The smallest absolute Gasteiger partial charge is 0.122 e. The molecule has 0 aliphatic heterocycles. The van der Waals surface area contributed by atoms with Gasteiger partial charge in [-0.05, 0) is 38.6 Å². The Balaban J connectivity index is 2.99. The van der Waals surface area contributed by atoms with Crippen molar-refractivity contribution in [3.05, 3.63) is 29.8 Å². The zero-order valence-electron chi connectivity index (χ0n) is 8.70.